The van der Waals surface area contributed by atoms with E-state index in [0.29, 0.717) is 30.3 Å². The number of hydrogen-bond acceptors (Lipinski definition) is 4. The minimum atomic E-state index is -0.444. The van der Waals surface area contributed by atoms with Crippen molar-refractivity contribution >= 4 is 11.6 Å². The zero-order valence-corrected chi connectivity index (χ0v) is 12.5. The number of nitrogens with one attached hydrogen (secondary N) is 1. The van der Waals surface area contributed by atoms with Crippen molar-refractivity contribution in [3.63, 3.8) is 0 Å². The van der Waals surface area contributed by atoms with Crippen LogP contribution in [0.1, 0.15) is 35.7 Å². The van der Waals surface area contributed by atoms with Gasteiger partial charge in [0, 0.05) is 36.3 Å². The average Bonchev–Trinajstić information content (AvgIpc) is 2.97. The van der Waals surface area contributed by atoms with Crippen LogP contribution in [-0.4, -0.2) is 41.4 Å². The van der Waals surface area contributed by atoms with Gasteiger partial charge in [-0.05, 0) is 39.3 Å². The molecule has 1 aromatic carbocycles. The molecule has 1 atom stereocenters. The third-order valence-corrected chi connectivity index (χ3v) is 4.00. The van der Waals surface area contributed by atoms with E-state index in [9.17, 15) is 14.9 Å². The number of nitrogens with zero attached hydrogens (tertiary/aromatic N) is 2. The van der Waals surface area contributed by atoms with Gasteiger partial charge in [-0.25, -0.2) is 0 Å². The highest BCUT2D eigenvalue weighted by molar-refractivity contribution is 5.96. The smallest absolute Gasteiger partial charge is 0.273 e. The number of nitro benzene ring substituents is 1. The van der Waals surface area contributed by atoms with Gasteiger partial charge in [0.25, 0.3) is 11.6 Å². The molecule has 1 fully saturated rings. The third kappa shape index (κ3) is 3.39. The summed E-state index contributed by atoms with van der Waals surface area (Å²) in [5.41, 5.74) is 0.852. The lowest BCUT2D eigenvalue weighted by Crippen LogP contribution is -2.41. The molecule has 0 bridgehead atoms. The van der Waals surface area contributed by atoms with Crippen molar-refractivity contribution in [3.8, 4) is 0 Å². The average molecular weight is 291 g/mol. The Morgan fingerprint density at radius 1 is 1.52 bits per heavy atom. The Balaban J connectivity index is 2.20. The Bertz CT molecular complexity index is 539. The molecule has 1 N–H and O–H groups in total. The molecule has 1 heterocycles. The Morgan fingerprint density at radius 3 is 2.86 bits per heavy atom. The molecule has 0 saturated carbocycles. The first-order chi connectivity index (χ1) is 10.0. The molecular formula is C15H21N3O3. The summed E-state index contributed by atoms with van der Waals surface area (Å²) < 4.78 is 0. The van der Waals surface area contributed by atoms with Crippen molar-refractivity contribution in [1.82, 2.24) is 10.2 Å². The van der Waals surface area contributed by atoms with E-state index in [0.717, 1.165) is 19.4 Å². The Hall–Kier alpha value is -1.95. The van der Waals surface area contributed by atoms with E-state index < -0.39 is 4.92 Å². The summed E-state index contributed by atoms with van der Waals surface area (Å²) in [6.45, 7) is 5.80. The van der Waals surface area contributed by atoms with Gasteiger partial charge >= 0.3 is 0 Å². The molecule has 0 aliphatic carbocycles. The number of amides is 1. The molecule has 0 aromatic heterocycles. The van der Waals surface area contributed by atoms with Gasteiger partial charge in [-0.2, -0.15) is 0 Å². The molecule has 1 amide bonds. The fraction of sp³-hybridized carbons (Fsp3) is 0.533. The summed E-state index contributed by atoms with van der Waals surface area (Å²) in [4.78, 5) is 24.9. The van der Waals surface area contributed by atoms with Crippen LogP contribution in [0, 0.1) is 17.0 Å². The molecule has 1 aliphatic heterocycles. The minimum Gasteiger partial charge on any atom is -0.337 e. The summed E-state index contributed by atoms with van der Waals surface area (Å²) in [5, 5.41) is 14.4. The Morgan fingerprint density at radius 2 is 2.29 bits per heavy atom. The molecule has 114 valence electrons. The highest BCUT2D eigenvalue weighted by Crippen LogP contribution is 2.22. The Labute approximate surface area is 124 Å². The van der Waals surface area contributed by atoms with E-state index in [2.05, 4.69) is 5.32 Å². The molecule has 1 aromatic rings. The van der Waals surface area contributed by atoms with Gasteiger partial charge in [-0.1, -0.05) is 6.07 Å². The molecule has 1 aliphatic rings. The van der Waals surface area contributed by atoms with Gasteiger partial charge < -0.3 is 10.2 Å². The maximum Gasteiger partial charge on any atom is 0.273 e. The first kappa shape index (κ1) is 15.4. The lowest BCUT2D eigenvalue weighted by Gasteiger charge is -2.25. The third-order valence-electron chi connectivity index (χ3n) is 4.00. The number of carbonyl (C=O) groups is 1. The lowest BCUT2D eigenvalue weighted by molar-refractivity contribution is -0.385. The first-order valence-corrected chi connectivity index (χ1v) is 7.31. The van der Waals surface area contributed by atoms with Gasteiger partial charge in [0.1, 0.15) is 0 Å². The summed E-state index contributed by atoms with van der Waals surface area (Å²) in [6.07, 6.45) is 2.20. The Kier molecular flexibility index (Phi) is 4.90. The number of nitro groups is 1. The van der Waals surface area contributed by atoms with E-state index in [1.165, 1.54) is 6.07 Å². The van der Waals surface area contributed by atoms with Gasteiger partial charge in [-0.15, -0.1) is 0 Å². The maximum atomic E-state index is 12.6. The van der Waals surface area contributed by atoms with Crippen LogP contribution in [0.2, 0.25) is 0 Å². The topological polar surface area (TPSA) is 75.5 Å². The quantitative estimate of drug-likeness (QED) is 0.666. The van der Waals surface area contributed by atoms with Crippen LogP contribution >= 0.6 is 0 Å². The van der Waals surface area contributed by atoms with E-state index in [1.54, 1.807) is 24.0 Å². The zero-order chi connectivity index (χ0) is 15.4. The number of hydrogen-bond donors (Lipinski definition) is 1. The van der Waals surface area contributed by atoms with E-state index in [4.69, 9.17) is 0 Å². The standard InChI is InChI=1S/C15H21N3O3/c1-3-17(10-12-6-5-9-16-12)15(19)13-7-4-8-14(11(13)2)18(20)21/h4,7-8,12,16H,3,5-6,9-10H2,1-2H3. The number of benzene rings is 1. The van der Waals surface area contributed by atoms with Gasteiger partial charge in [0.2, 0.25) is 0 Å². The van der Waals surface area contributed by atoms with Crippen molar-refractivity contribution in [2.75, 3.05) is 19.6 Å². The van der Waals surface area contributed by atoms with E-state index >= 15 is 0 Å². The number of carbonyl (C=O) groups excluding carboxylic acids is 1. The second-order valence-electron chi connectivity index (χ2n) is 5.34. The van der Waals surface area contributed by atoms with Crippen LogP contribution in [0.25, 0.3) is 0 Å². The van der Waals surface area contributed by atoms with Crippen LogP contribution in [0.3, 0.4) is 0 Å². The van der Waals surface area contributed by atoms with Crippen molar-refractivity contribution < 1.29 is 9.72 Å². The van der Waals surface area contributed by atoms with Crippen LogP contribution in [0.5, 0.6) is 0 Å². The second kappa shape index (κ2) is 6.67. The SMILES string of the molecule is CCN(CC1CCCN1)C(=O)c1cccc([N+](=O)[O-])c1C. The van der Waals surface area contributed by atoms with Crippen molar-refractivity contribution in [2.45, 2.75) is 32.7 Å². The largest absolute Gasteiger partial charge is 0.337 e. The molecule has 2 rings (SSSR count). The molecule has 1 unspecified atom stereocenters. The van der Waals surface area contributed by atoms with Gasteiger partial charge in [0.15, 0.2) is 0 Å². The summed E-state index contributed by atoms with van der Waals surface area (Å²) in [7, 11) is 0. The van der Waals surface area contributed by atoms with E-state index in [-0.39, 0.29) is 11.6 Å². The zero-order valence-electron chi connectivity index (χ0n) is 12.5. The van der Waals surface area contributed by atoms with Crippen LogP contribution in [0.4, 0.5) is 5.69 Å². The fourth-order valence-electron chi connectivity index (χ4n) is 2.76. The van der Waals surface area contributed by atoms with Crippen molar-refractivity contribution in [2.24, 2.45) is 0 Å². The molecule has 21 heavy (non-hydrogen) atoms. The second-order valence-corrected chi connectivity index (χ2v) is 5.34. The van der Waals surface area contributed by atoms with Crippen LogP contribution in [-0.2, 0) is 0 Å². The molecular weight excluding hydrogens is 270 g/mol. The minimum absolute atomic E-state index is 0.00380. The maximum absolute atomic E-state index is 12.6. The highest BCUT2D eigenvalue weighted by Gasteiger charge is 2.24. The molecule has 6 nitrogen and oxygen atoms in total. The van der Waals surface area contributed by atoms with Crippen molar-refractivity contribution in [1.29, 1.82) is 0 Å². The van der Waals surface area contributed by atoms with Crippen LogP contribution < -0.4 is 5.32 Å². The molecule has 0 spiro atoms. The predicted octanol–water partition coefficient (Wildman–Crippen LogP) is 2.12. The molecule has 0 radical (unpaired) electrons. The molecule has 1 saturated heterocycles. The van der Waals surface area contributed by atoms with Gasteiger partial charge in [0.05, 0.1) is 4.92 Å². The van der Waals surface area contributed by atoms with Gasteiger partial charge in [-0.3, -0.25) is 14.9 Å². The molecule has 6 heteroatoms. The monoisotopic (exact) mass is 291 g/mol. The number of likely N-dealkylation sites (N-methyl/N-ethyl adjacent to an activating group) is 1. The normalized spacial score (nSPS) is 17.7. The predicted molar refractivity (Wildman–Crippen MR) is 80.4 cm³/mol. The fourth-order valence-corrected chi connectivity index (χ4v) is 2.76. The highest BCUT2D eigenvalue weighted by atomic mass is 16.6. The van der Waals surface area contributed by atoms with Crippen molar-refractivity contribution in [3.05, 3.63) is 39.4 Å². The lowest BCUT2D eigenvalue weighted by atomic mass is 10.1. The summed E-state index contributed by atoms with van der Waals surface area (Å²) in [6, 6.07) is 4.99. The van der Waals surface area contributed by atoms with E-state index in [1.807, 2.05) is 6.92 Å². The summed E-state index contributed by atoms with van der Waals surface area (Å²) in [5.74, 6) is -0.132. The summed E-state index contributed by atoms with van der Waals surface area (Å²) >= 11 is 0. The first-order valence-electron chi connectivity index (χ1n) is 7.31. The number of rotatable bonds is 5. The van der Waals surface area contributed by atoms with Crippen LogP contribution in [0.15, 0.2) is 18.2 Å².